The van der Waals surface area contributed by atoms with Crippen LogP contribution in [-0.2, 0) is 9.53 Å². The fraction of sp³-hybridized carbons (Fsp3) is 0.400. The van der Waals surface area contributed by atoms with Crippen molar-refractivity contribution in [1.82, 2.24) is 0 Å². The van der Waals surface area contributed by atoms with Gasteiger partial charge >= 0.3 is 5.97 Å². The van der Waals surface area contributed by atoms with Gasteiger partial charge in [-0.15, -0.1) is 0 Å². The predicted molar refractivity (Wildman–Crippen MR) is 68.2 cm³/mol. The maximum atomic E-state index is 12.7. The van der Waals surface area contributed by atoms with Gasteiger partial charge in [-0.25, -0.2) is 4.39 Å². The van der Waals surface area contributed by atoms with Gasteiger partial charge in [0, 0.05) is 0 Å². The first kappa shape index (κ1) is 12.8. The zero-order chi connectivity index (χ0) is 13.3. The molecule has 1 fully saturated rings. The number of methoxy groups -OCH3 is 1. The normalized spacial score (nSPS) is 25.1. The van der Waals surface area contributed by atoms with Gasteiger partial charge in [-0.2, -0.15) is 0 Å². The Morgan fingerprint density at radius 3 is 2.50 bits per heavy atom. The number of benzene rings is 1. The molecule has 1 aromatic carbocycles. The summed E-state index contributed by atoms with van der Waals surface area (Å²) in [5, 5.41) is 0. The van der Waals surface area contributed by atoms with Gasteiger partial charge in [-0.1, -0.05) is 38.1 Å². The molecule has 0 heterocycles. The van der Waals surface area contributed by atoms with Gasteiger partial charge in [0.1, 0.15) is 5.82 Å². The highest BCUT2D eigenvalue weighted by molar-refractivity contribution is 5.78. The highest BCUT2D eigenvalue weighted by Gasteiger charge is 2.61. The van der Waals surface area contributed by atoms with E-state index in [9.17, 15) is 9.18 Å². The average molecular weight is 248 g/mol. The van der Waals surface area contributed by atoms with Crippen molar-refractivity contribution in [2.24, 2.45) is 17.3 Å². The Bertz CT molecular complexity index is 474. The van der Waals surface area contributed by atoms with Crippen LogP contribution in [0.3, 0.4) is 0 Å². The van der Waals surface area contributed by atoms with Gasteiger partial charge in [0.05, 0.1) is 13.0 Å². The molecular weight excluding hydrogens is 231 g/mol. The second kappa shape index (κ2) is 4.56. The van der Waals surface area contributed by atoms with Crippen LogP contribution in [0.25, 0.3) is 6.08 Å². The van der Waals surface area contributed by atoms with Crippen LogP contribution < -0.4 is 0 Å². The van der Waals surface area contributed by atoms with Gasteiger partial charge in [-0.05, 0) is 29.0 Å². The zero-order valence-corrected chi connectivity index (χ0v) is 10.8. The lowest BCUT2D eigenvalue weighted by Gasteiger charge is -1.99. The first-order chi connectivity index (χ1) is 8.46. The Hall–Kier alpha value is -1.64. The molecule has 1 aliphatic carbocycles. The van der Waals surface area contributed by atoms with Crippen LogP contribution in [0.5, 0.6) is 0 Å². The van der Waals surface area contributed by atoms with Crippen molar-refractivity contribution in [3.05, 3.63) is 41.7 Å². The van der Waals surface area contributed by atoms with Gasteiger partial charge in [0.15, 0.2) is 0 Å². The van der Waals surface area contributed by atoms with Gasteiger partial charge < -0.3 is 4.74 Å². The molecule has 0 radical (unpaired) electrons. The van der Waals surface area contributed by atoms with Crippen molar-refractivity contribution >= 4 is 12.0 Å². The highest BCUT2D eigenvalue weighted by Crippen LogP contribution is 2.59. The number of hydrogen-bond acceptors (Lipinski definition) is 2. The highest BCUT2D eigenvalue weighted by atomic mass is 19.1. The summed E-state index contributed by atoms with van der Waals surface area (Å²) in [5.74, 6) is -0.283. The number of carbonyl (C=O) groups is 1. The van der Waals surface area contributed by atoms with Crippen LogP contribution in [0, 0.1) is 23.1 Å². The first-order valence-electron chi connectivity index (χ1n) is 5.98. The minimum atomic E-state index is -0.244. The summed E-state index contributed by atoms with van der Waals surface area (Å²) < 4.78 is 17.5. The fourth-order valence-electron chi connectivity index (χ4n) is 2.40. The number of hydrogen-bond donors (Lipinski definition) is 0. The van der Waals surface area contributed by atoms with Crippen molar-refractivity contribution in [2.45, 2.75) is 13.8 Å². The van der Waals surface area contributed by atoms with Crippen LogP contribution in [0.4, 0.5) is 4.39 Å². The molecule has 2 atom stereocenters. The second-order valence-electron chi connectivity index (χ2n) is 5.26. The summed E-state index contributed by atoms with van der Waals surface area (Å²) in [6, 6.07) is 6.29. The first-order valence-corrected chi connectivity index (χ1v) is 5.98. The molecule has 0 bridgehead atoms. The third kappa shape index (κ3) is 2.30. The molecule has 96 valence electrons. The Labute approximate surface area is 106 Å². The van der Waals surface area contributed by atoms with Crippen molar-refractivity contribution in [1.29, 1.82) is 0 Å². The zero-order valence-electron chi connectivity index (χ0n) is 10.8. The van der Waals surface area contributed by atoms with Gasteiger partial charge in [-0.3, -0.25) is 4.79 Å². The van der Waals surface area contributed by atoms with E-state index in [1.54, 1.807) is 12.1 Å². The van der Waals surface area contributed by atoms with Crippen LogP contribution in [0.2, 0.25) is 0 Å². The molecule has 0 aliphatic heterocycles. The fourth-order valence-corrected chi connectivity index (χ4v) is 2.40. The Kier molecular flexibility index (Phi) is 3.24. The van der Waals surface area contributed by atoms with Gasteiger partial charge in [0.25, 0.3) is 0 Å². The number of rotatable bonds is 3. The van der Waals surface area contributed by atoms with E-state index in [1.807, 2.05) is 26.0 Å². The van der Waals surface area contributed by atoms with Crippen molar-refractivity contribution < 1.29 is 13.9 Å². The topological polar surface area (TPSA) is 26.3 Å². The molecule has 18 heavy (non-hydrogen) atoms. The molecule has 1 aliphatic rings. The lowest BCUT2D eigenvalue weighted by molar-refractivity contribution is -0.143. The number of esters is 1. The van der Waals surface area contributed by atoms with Crippen LogP contribution in [-0.4, -0.2) is 13.1 Å². The molecule has 3 heteroatoms. The van der Waals surface area contributed by atoms with E-state index in [4.69, 9.17) is 4.74 Å². The monoisotopic (exact) mass is 248 g/mol. The van der Waals surface area contributed by atoms with E-state index in [0.717, 1.165) is 5.56 Å². The summed E-state index contributed by atoms with van der Waals surface area (Å²) in [5.41, 5.74) is 0.881. The number of ether oxygens (including phenoxy) is 1. The lowest BCUT2D eigenvalue weighted by Crippen LogP contribution is -2.07. The van der Waals surface area contributed by atoms with E-state index < -0.39 is 0 Å². The molecule has 0 spiro atoms. The summed E-state index contributed by atoms with van der Waals surface area (Å²) in [4.78, 5) is 11.6. The number of halogens is 1. The predicted octanol–water partition coefficient (Wildman–Crippen LogP) is 3.28. The minimum Gasteiger partial charge on any atom is -0.469 e. The molecule has 1 saturated carbocycles. The molecule has 0 saturated heterocycles. The Balaban J connectivity index is 2.07. The largest absolute Gasteiger partial charge is 0.469 e. The molecular formula is C15H17FO2. The smallest absolute Gasteiger partial charge is 0.309 e. The maximum Gasteiger partial charge on any atom is 0.309 e. The standard InChI is InChI=1S/C15H17FO2/c1-15(2)12(13(15)14(17)18-3)9-6-10-4-7-11(16)8-5-10/h4-9,12-13H,1-3H3/b9-6-/t12-,13+/m0/s1. The van der Waals surface area contributed by atoms with Crippen molar-refractivity contribution in [3.63, 3.8) is 0 Å². The number of carbonyl (C=O) groups excluding carboxylic acids is 1. The minimum absolute atomic E-state index is 0.0520. The summed E-state index contributed by atoms with van der Waals surface area (Å²) >= 11 is 0. The average Bonchev–Trinajstić information content (AvgIpc) is 2.89. The summed E-state index contributed by atoms with van der Waals surface area (Å²) in [7, 11) is 1.41. The number of allylic oxidation sites excluding steroid dienone is 1. The van der Waals surface area contributed by atoms with Crippen LogP contribution in [0.1, 0.15) is 19.4 Å². The Morgan fingerprint density at radius 1 is 1.33 bits per heavy atom. The lowest BCUT2D eigenvalue weighted by atomic mass is 10.1. The quantitative estimate of drug-likeness (QED) is 0.767. The van der Waals surface area contributed by atoms with E-state index in [1.165, 1.54) is 19.2 Å². The van der Waals surface area contributed by atoms with E-state index in [2.05, 4.69) is 0 Å². The summed E-state index contributed by atoms with van der Waals surface area (Å²) in [6.45, 7) is 4.10. The van der Waals surface area contributed by atoms with Gasteiger partial charge in [0.2, 0.25) is 0 Å². The molecule has 0 aromatic heterocycles. The van der Waals surface area contributed by atoms with E-state index in [-0.39, 0.29) is 29.0 Å². The SMILES string of the molecule is COC(=O)[C@H]1[C@H](/C=C\c2ccc(F)cc2)C1(C)C. The molecule has 0 unspecified atom stereocenters. The molecule has 1 aromatic rings. The maximum absolute atomic E-state index is 12.7. The Morgan fingerprint density at radius 2 is 1.94 bits per heavy atom. The molecule has 0 amide bonds. The van der Waals surface area contributed by atoms with Crippen molar-refractivity contribution in [3.8, 4) is 0 Å². The van der Waals surface area contributed by atoms with E-state index >= 15 is 0 Å². The third-order valence-electron chi connectivity index (χ3n) is 3.73. The third-order valence-corrected chi connectivity index (χ3v) is 3.73. The second-order valence-corrected chi connectivity index (χ2v) is 5.26. The van der Waals surface area contributed by atoms with Crippen LogP contribution in [0.15, 0.2) is 30.3 Å². The molecule has 2 nitrogen and oxygen atoms in total. The summed E-state index contributed by atoms with van der Waals surface area (Å²) in [6.07, 6.45) is 3.93. The van der Waals surface area contributed by atoms with Crippen LogP contribution >= 0.6 is 0 Å². The molecule has 0 N–H and O–H groups in total. The van der Waals surface area contributed by atoms with E-state index in [0.29, 0.717) is 0 Å². The van der Waals surface area contributed by atoms with Crippen molar-refractivity contribution in [2.75, 3.05) is 7.11 Å². The molecule has 2 rings (SSSR count).